The molecule has 0 atom stereocenters. The molecule has 0 saturated carbocycles. The van der Waals surface area contributed by atoms with Gasteiger partial charge in [-0.2, -0.15) is 8.42 Å². The Morgan fingerprint density at radius 3 is 2.80 bits per heavy atom. The average Bonchev–Trinajstić information content (AvgIpc) is 2.34. The van der Waals surface area contributed by atoms with E-state index >= 15 is 0 Å². The third-order valence-corrected chi connectivity index (χ3v) is 3.25. The number of amides is 1. The molecule has 2 rings (SSSR count). The van der Waals surface area contributed by atoms with Crippen molar-refractivity contribution in [3.8, 4) is 0 Å². The molecule has 20 heavy (non-hydrogen) atoms. The molecular formula is C11H11ClN2O5S. The molecule has 0 radical (unpaired) electrons. The van der Waals surface area contributed by atoms with Crippen molar-refractivity contribution >= 4 is 39.3 Å². The summed E-state index contributed by atoms with van der Waals surface area (Å²) in [6.07, 6.45) is 0.280. The summed E-state index contributed by atoms with van der Waals surface area (Å²) in [6.45, 7) is 1.76. The van der Waals surface area contributed by atoms with E-state index in [-0.39, 0.29) is 18.0 Å². The summed E-state index contributed by atoms with van der Waals surface area (Å²) in [4.78, 5) is 13.1. The molecule has 1 aliphatic heterocycles. The molecular weight excluding hydrogens is 308 g/mol. The van der Waals surface area contributed by atoms with E-state index in [1.807, 2.05) is 0 Å². The number of anilines is 1. The van der Waals surface area contributed by atoms with Gasteiger partial charge >= 0.3 is 10.4 Å². The van der Waals surface area contributed by atoms with Gasteiger partial charge in [0.25, 0.3) is 0 Å². The number of oxime groups is 1. The van der Waals surface area contributed by atoms with E-state index in [0.717, 1.165) is 0 Å². The quantitative estimate of drug-likeness (QED) is 0.660. The van der Waals surface area contributed by atoms with Gasteiger partial charge in [-0.1, -0.05) is 16.8 Å². The van der Waals surface area contributed by atoms with Gasteiger partial charge in [0.15, 0.2) is 0 Å². The number of nitrogens with zero attached hydrogens (tertiary/aromatic N) is 2. The summed E-state index contributed by atoms with van der Waals surface area (Å²) >= 11 is 5.89. The molecule has 1 aliphatic rings. The van der Waals surface area contributed by atoms with Crippen molar-refractivity contribution in [3.63, 3.8) is 0 Å². The predicted molar refractivity (Wildman–Crippen MR) is 73.3 cm³/mol. The average molecular weight is 319 g/mol. The zero-order valence-corrected chi connectivity index (χ0v) is 12.0. The van der Waals surface area contributed by atoms with Gasteiger partial charge in [-0.15, -0.1) is 0 Å². The first-order valence-electron chi connectivity index (χ1n) is 5.59. The highest BCUT2D eigenvalue weighted by atomic mass is 35.5. The van der Waals surface area contributed by atoms with E-state index in [2.05, 4.69) is 9.44 Å². The minimum Gasteiger partial charge on any atom is -0.312 e. The number of benzene rings is 1. The highest BCUT2D eigenvalue weighted by Gasteiger charge is 2.25. The van der Waals surface area contributed by atoms with Gasteiger partial charge in [0.2, 0.25) is 5.91 Å². The fourth-order valence-electron chi connectivity index (χ4n) is 1.96. The van der Waals surface area contributed by atoms with Gasteiger partial charge in [-0.25, -0.2) is 4.28 Å². The summed E-state index contributed by atoms with van der Waals surface area (Å²) < 4.78 is 33.7. The van der Waals surface area contributed by atoms with Gasteiger partial charge in [0.05, 0.1) is 11.4 Å². The van der Waals surface area contributed by atoms with Crippen LogP contribution in [0.15, 0.2) is 23.4 Å². The van der Waals surface area contributed by atoms with Crippen LogP contribution in [0.1, 0.15) is 18.9 Å². The third-order valence-electron chi connectivity index (χ3n) is 2.75. The third kappa shape index (κ3) is 3.27. The topological polar surface area (TPSA) is 96.3 Å². The molecule has 0 aliphatic carbocycles. The molecule has 0 fully saturated rings. The van der Waals surface area contributed by atoms with Crippen LogP contribution in [-0.2, 0) is 19.5 Å². The Kier molecular flexibility index (Phi) is 3.98. The summed E-state index contributed by atoms with van der Waals surface area (Å²) in [6, 6.07) is 4.81. The van der Waals surface area contributed by atoms with Crippen LogP contribution < -0.4 is 4.90 Å². The van der Waals surface area contributed by atoms with Crippen molar-refractivity contribution in [2.24, 2.45) is 5.16 Å². The van der Waals surface area contributed by atoms with Crippen LogP contribution in [0.25, 0.3) is 0 Å². The largest absolute Gasteiger partial charge is 0.466 e. The molecule has 0 aromatic heterocycles. The van der Waals surface area contributed by atoms with E-state index in [1.165, 1.54) is 11.8 Å². The lowest BCUT2D eigenvalue weighted by atomic mass is 9.99. The Labute approximate surface area is 120 Å². The Balaban J connectivity index is 2.47. The molecule has 1 aromatic rings. The lowest BCUT2D eigenvalue weighted by Crippen LogP contribution is -2.36. The number of fused-ring (bicyclic) bond motifs is 1. The maximum absolute atomic E-state index is 11.6. The van der Waals surface area contributed by atoms with Gasteiger partial charge in [-0.3, -0.25) is 9.35 Å². The molecule has 0 spiro atoms. The number of rotatable bonds is 2. The number of carbonyl (C=O) groups excluding carboxylic acids is 1. The molecule has 1 aromatic carbocycles. The van der Waals surface area contributed by atoms with Gasteiger partial charge < -0.3 is 4.90 Å². The SMILES string of the molecule is CC(=O)N1CC/C(=N\OS(=O)(=O)O)c2cc(Cl)ccc21. The fourth-order valence-corrected chi connectivity index (χ4v) is 2.32. The molecule has 9 heteroatoms. The summed E-state index contributed by atoms with van der Waals surface area (Å²) in [7, 11) is -4.67. The highest BCUT2D eigenvalue weighted by Crippen LogP contribution is 2.30. The minimum absolute atomic E-state index is 0.150. The number of carbonyl (C=O) groups is 1. The van der Waals surface area contributed by atoms with E-state index in [4.69, 9.17) is 16.2 Å². The normalized spacial score (nSPS) is 16.9. The smallest absolute Gasteiger partial charge is 0.312 e. The fraction of sp³-hybridized carbons (Fsp3) is 0.273. The molecule has 1 heterocycles. The van der Waals surface area contributed by atoms with Gasteiger partial charge in [0, 0.05) is 30.5 Å². The van der Waals surface area contributed by atoms with Crippen LogP contribution in [0, 0.1) is 0 Å². The van der Waals surface area contributed by atoms with E-state index in [9.17, 15) is 13.2 Å². The zero-order chi connectivity index (χ0) is 14.9. The van der Waals surface area contributed by atoms with Crippen molar-refractivity contribution in [2.45, 2.75) is 13.3 Å². The van der Waals surface area contributed by atoms with E-state index in [0.29, 0.717) is 22.8 Å². The molecule has 0 unspecified atom stereocenters. The first kappa shape index (κ1) is 14.8. The summed E-state index contributed by atoms with van der Waals surface area (Å²) in [5.74, 6) is -0.150. The maximum atomic E-state index is 11.6. The lowest BCUT2D eigenvalue weighted by Gasteiger charge is -2.29. The second-order valence-electron chi connectivity index (χ2n) is 4.12. The Morgan fingerprint density at radius 2 is 2.20 bits per heavy atom. The van der Waals surface area contributed by atoms with Crippen LogP contribution >= 0.6 is 11.6 Å². The second-order valence-corrected chi connectivity index (χ2v) is 5.56. The number of hydrogen-bond acceptors (Lipinski definition) is 5. The van der Waals surface area contributed by atoms with Gasteiger partial charge in [0.1, 0.15) is 0 Å². The van der Waals surface area contributed by atoms with Crippen LogP contribution in [-0.4, -0.2) is 31.1 Å². The van der Waals surface area contributed by atoms with Crippen LogP contribution in [0.5, 0.6) is 0 Å². The van der Waals surface area contributed by atoms with Crippen molar-refractivity contribution in [2.75, 3.05) is 11.4 Å². The number of halogens is 1. The predicted octanol–water partition coefficient (Wildman–Crippen LogP) is 1.62. The van der Waals surface area contributed by atoms with Crippen molar-refractivity contribution < 1.29 is 22.0 Å². The molecule has 108 valence electrons. The van der Waals surface area contributed by atoms with Crippen LogP contribution in [0.4, 0.5) is 5.69 Å². The van der Waals surface area contributed by atoms with Crippen molar-refractivity contribution in [1.82, 2.24) is 0 Å². The Bertz CT molecular complexity index is 686. The monoisotopic (exact) mass is 318 g/mol. The van der Waals surface area contributed by atoms with E-state index < -0.39 is 10.4 Å². The first-order chi connectivity index (χ1) is 9.28. The van der Waals surface area contributed by atoms with Crippen LogP contribution in [0.3, 0.4) is 0 Å². The summed E-state index contributed by atoms with van der Waals surface area (Å²) in [5.41, 5.74) is 1.34. The molecule has 0 saturated heterocycles. The summed E-state index contributed by atoms with van der Waals surface area (Å²) in [5, 5.41) is 3.82. The number of hydrogen-bond donors (Lipinski definition) is 1. The highest BCUT2D eigenvalue weighted by molar-refractivity contribution is 7.80. The molecule has 0 bridgehead atoms. The molecule has 1 amide bonds. The van der Waals surface area contributed by atoms with Crippen molar-refractivity contribution in [3.05, 3.63) is 28.8 Å². The minimum atomic E-state index is -4.67. The molecule has 7 nitrogen and oxygen atoms in total. The standard InChI is InChI=1S/C11H11ClN2O5S/c1-7(15)14-5-4-10(13-19-20(16,17)18)9-6-8(12)2-3-11(9)14/h2-3,6H,4-5H2,1H3,(H,16,17,18)/b13-10+. The Morgan fingerprint density at radius 1 is 1.50 bits per heavy atom. The van der Waals surface area contributed by atoms with Crippen molar-refractivity contribution in [1.29, 1.82) is 0 Å². The lowest BCUT2D eigenvalue weighted by molar-refractivity contribution is -0.116. The maximum Gasteiger partial charge on any atom is 0.466 e. The zero-order valence-electron chi connectivity index (χ0n) is 10.4. The van der Waals surface area contributed by atoms with E-state index in [1.54, 1.807) is 18.2 Å². The molecule has 1 N–H and O–H groups in total. The second kappa shape index (κ2) is 5.39. The van der Waals surface area contributed by atoms with Gasteiger partial charge in [-0.05, 0) is 18.2 Å². The first-order valence-corrected chi connectivity index (χ1v) is 7.33. The Hall–Kier alpha value is -1.64. The van der Waals surface area contributed by atoms with Crippen LogP contribution in [0.2, 0.25) is 5.02 Å².